The Balaban J connectivity index is 2.00. The first kappa shape index (κ1) is 13.9. The van der Waals surface area contributed by atoms with Crippen molar-refractivity contribution in [3.63, 3.8) is 0 Å². The molecule has 0 spiro atoms. The largest absolute Gasteiger partial charge is 0.288 e. The van der Waals surface area contributed by atoms with Crippen LogP contribution in [0.5, 0.6) is 0 Å². The van der Waals surface area contributed by atoms with E-state index < -0.39 is 4.92 Å². The highest BCUT2D eigenvalue weighted by molar-refractivity contribution is 8.04. The maximum atomic E-state index is 12.2. The number of Topliss-reactive ketones (excluding diaryl/α,β-unsaturated/α-hetero) is 1. The first-order chi connectivity index (χ1) is 10.1. The molecule has 0 bridgehead atoms. The number of halogens is 1. The SMILES string of the molecule is O=C1/C(=C/c2ccc(Cl)c([N+](=O)[O-])c2)Sc2ccccc21. The average molecular weight is 318 g/mol. The highest BCUT2D eigenvalue weighted by Crippen LogP contribution is 2.40. The molecule has 0 amide bonds. The van der Waals surface area contributed by atoms with Crippen LogP contribution in [0.1, 0.15) is 15.9 Å². The molecule has 2 aromatic rings. The van der Waals surface area contributed by atoms with Gasteiger partial charge in [-0.25, -0.2) is 0 Å². The number of carbonyl (C=O) groups excluding carboxylic acids is 1. The van der Waals surface area contributed by atoms with Crippen molar-refractivity contribution in [2.45, 2.75) is 4.90 Å². The van der Waals surface area contributed by atoms with E-state index in [0.717, 1.165) is 4.90 Å². The molecule has 0 unspecified atom stereocenters. The molecule has 0 aliphatic carbocycles. The number of rotatable bonds is 2. The molecule has 0 radical (unpaired) electrons. The van der Waals surface area contributed by atoms with E-state index in [1.807, 2.05) is 18.2 Å². The second-order valence-corrected chi connectivity index (χ2v) is 5.89. The molecule has 0 aromatic heterocycles. The number of allylic oxidation sites excluding steroid dienone is 1. The number of nitro groups is 1. The summed E-state index contributed by atoms with van der Waals surface area (Å²) in [6, 6.07) is 11.8. The minimum absolute atomic E-state index is 0.0618. The number of hydrogen-bond acceptors (Lipinski definition) is 4. The predicted octanol–water partition coefficient (Wildman–Crippen LogP) is 4.58. The number of ketones is 1. The molecular weight excluding hydrogens is 310 g/mol. The number of hydrogen-bond donors (Lipinski definition) is 0. The number of fused-ring (bicyclic) bond motifs is 1. The molecule has 4 nitrogen and oxygen atoms in total. The number of nitrogens with zero attached hydrogens (tertiary/aromatic N) is 1. The Hall–Kier alpha value is -2.11. The van der Waals surface area contributed by atoms with Crippen LogP contribution in [0, 0.1) is 10.1 Å². The third-order valence-corrected chi connectivity index (χ3v) is 4.46. The predicted molar refractivity (Wildman–Crippen MR) is 82.7 cm³/mol. The van der Waals surface area contributed by atoms with Crippen molar-refractivity contribution in [1.82, 2.24) is 0 Å². The first-order valence-corrected chi connectivity index (χ1v) is 7.23. The summed E-state index contributed by atoms with van der Waals surface area (Å²) in [5.41, 5.74) is 1.07. The summed E-state index contributed by atoms with van der Waals surface area (Å²) in [4.78, 5) is 24.0. The number of carbonyl (C=O) groups is 1. The monoisotopic (exact) mass is 317 g/mol. The Labute approximate surface area is 129 Å². The van der Waals surface area contributed by atoms with Crippen molar-refractivity contribution in [3.05, 3.63) is 73.6 Å². The quantitative estimate of drug-likeness (QED) is 0.462. The maximum Gasteiger partial charge on any atom is 0.288 e. The van der Waals surface area contributed by atoms with Crippen LogP contribution in [0.15, 0.2) is 52.3 Å². The van der Waals surface area contributed by atoms with E-state index in [2.05, 4.69) is 0 Å². The van der Waals surface area contributed by atoms with Crippen LogP contribution in [0.3, 0.4) is 0 Å². The Morgan fingerprint density at radius 3 is 2.67 bits per heavy atom. The second kappa shape index (κ2) is 5.35. The van der Waals surface area contributed by atoms with Gasteiger partial charge in [-0.05, 0) is 29.8 Å². The number of nitro benzene ring substituents is 1. The van der Waals surface area contributed by atoms with E-state index in [0.29, 0.717) is 16.0 Å². The van der Waals surface area contributed by atoms with Gasteiger partial charge in [0.1, 0.15) is 5.02 Å². The molecule has 0 fully saturated rings. The van der Waals surface area contributed by atoms with Gasteiger partial charge in [0.2, 0.25) is 5.78 Å². The number of thioether (sulfide) groups is 1. The third kappa shape index (κ3) is 2.57. The summed E-state index contributed by atoms with van der Waals surface area (Å²) >= 11 is 7.14. The fourth-order valence-electron chi connectivity index (χ4n) is 2.05. The summed E-state index contributed by atoms with van der Waals surface area (Å²) in [6.07, 6.45) is 1.65. The molecule has 1 aliphatic heterocycles. The van der Waals surface area contributed by atoms with Crippen molar-refractivity contribution in [2.24, 2.45) is 0 Å². The van der Waals surface area contributed by atoms with Crippen LogP contribution in [-0.4, -0.2) is 10.7 Å². The lowest BCUT2D eigenvalue weighted by Gasteiger charge is -1.99. The van der Waals surface area contributed by atoms with Gasteiger partial charge < -0.3 is 0 Å². The van der Waals surface area contributed by atoms with Gasteiger partial charge in [0, 0.05) is 16.5 Å². The molecular formula is C15H8ClNO3S. The molecule has 3 rings (SSSR count). The van der Waals surface area contributed by atoms with Crippen LogP contribution in [0.25, 0.3) is 6.08 Å². The number of benzene rings is 2. The van der Waals surface area contributed by atoms with Gasteiger partial charge in [0.25, 0.3) is 5.69 Å². The zero-order valence-electron chi connectivity index (χ0n) is 10.6. The Bertz CT molecular complexity index is 801. The van der Waals surface area contributed by atoms with Crippen molar-refractivity contribution in [2.75, 3.05) is 0 Å². The average Bonchev–Trinajstić information content (AvgIpc) is 2.78. The highest BCUT2D eigenvalue weighted by atomic mass is 35.5. The van der Waals surface area contributed by atoms with E-state index in [4.69, 9.17) is 11.6 Å². The van der Waals surface area contributed by atoms with E-state index >= 15 is 0 Å². The van der Waals surface area contributed by atoms with Crippen LogP contribution < -0.4 is 0 Å². The second-order valence-electron chi connectivity index (χ2n) is 4.40. The highest BCUT2D eigenvalue weighted by Gasteiger charge is 2.25. The summed E-state index contributed by atoms with van der Waals surface area (Å²) in [6.45, 7) is 0. The lowest BCUT2D eigenvalue weighted by molar-refractivity contribution is -0.384. The Kier molecular flexibility index (Phi) is 3.53. The first-order valence-electron chi connectivity index (χ1n) is 6.03. The lowest BCUT2D eigenvalue weighted by Crippen LogP contribution is -1.94. The third-order valence-electron chi connectivity index (χ3n) is 3.04. The van der Waals surface area contributed by atoms with Crippen LogP contribution in [-0.2, 0) is 0 Å². The van der Waals surface area contributed by atoms with Gasteiger partial charge in [-0.15, -0.1) is 0 Å². The lowest BCUT2D eigenvalue weighted by atomic mass is 10.1. The van der Waals surface area contributed by atoms with Gasteiger partial charge in [-0.2, -0.15) is 0 Å². The minimum Gasteiger partial charge on any atom is -0.288 e. The van der Waals surface area contributed by atoms with Crippen molar-refractivity contribution in [3.8, 4) is 0 Å². The molecule has 0 atom stereocenters. The van der Waals surface area contributed by atoms with Gasteiger partial charge in [-0.3, -0.25) is 14.9 Å². The molecule has 6 heteroatoms. The topological polar surface area (TPSA) is 60.2 Å². The van der Waals surface area contributed by atoms with Gasteiger partial charge in [0.15, 0.2) is 0 Å². The smallest absolute Gasteiger partial charge is 0.288 e. The zero-order valence-corrected chi connectivity index (χ0v) is 12.1. The zero-order chi connectivity index (χ0) is 15.0. The molecule has 1 heterocycles. The van der Waals surface area contributed by atoms with E-state index in [1.165, 1.54) is 23.9 Å². The molecule has 0 N–H and O–H groups in total. The fourth-order valence-corrected chi connectivity index (χ4v) is 3.28. The molecule has 2 aromatic carbocycles. The van der Waals surface area contributed by atoms with E-state index in [1.54, 1.807) is 18.2 Å². The van der Waals surface area contributed by atoms with E-state index in [9.17, 15) is 14.9 Å². The van der Waals surface area contributed by atoms with Crippen LogP contribution in [0.2, 0.25) is 5.02 Å². The molecule has 0 saturated carbocycles. The molecule has 104 valence electrons. The van der Waals surface area contributed by atoms with Crippen molar-refractivity contribution >= 4 is 40.9 Å². The van der Waals surface area contributed by atoms with Crippen LogP contribution >= 0.6 is 23.4 Å². The maximum absolute atomic E-state index is 12.2. The van der Waals surface area contributed by atoms with E-state index in [-0.39, 0.29) is 16.5 Å². The normalized spacial score (nSPS) is 15.3. The summed E-state index contributed by atoms with van der Waals surface area (Å²) in [5.74, 6) is -0.0618. The Morgan fingerprint density at radius 1 is 1.19 bits per heavy atom. The van der Waals surface area contributed by atoms with Gasteiger partial charge in [-0.1, -0.05) is 41.6 Å². The summed E-state index contributed by atoms with van der Waals surface area (Å²) in [5, 5.41) is 11.0. The van der Waals surface area contributed by atoms with Gasteiger partial charge >= 0.3 is 0 Å². The van der Waals surface area contributed by atoms with Crippen molar-refractivity contribution < 1.29 is 9.72 Å². The molecule has 0 saturated heterocycles. The standard InChI is InChI=1S/C15H8ClNO3S/c16-11-6-5-9(7-12(11)17(19)20)8-14-15(18)10-3-1-2-4-13(10)21-14/h1-8H/b14-8-. The Morgan fingerprint density at radius 2 is 1.95 bits per heavy atom. The van der Waals surface area contributed by atoms with Crippen LogP contribution in [0.4, 0.5) is 5.69 Å². The minimum atomic E-state index is -0.539. The summed E-state index contributed by atoms with van der Waals surface area (Å²) in [7, 11) is 0. The molecule has 21 heavy (non-hydrogen) atoms. The molecule has 1 aliphatic rings. The van der Waals surface area contributed by atoms with Gasteiger partial charge in [0.05, 0.1) is 9.83 Å². The van der Waals surface area contributed by atoms with Crippen molar-refractivity contribution in [1.29, 1.82) is 0 Å². The summed E-state index contributed by atoms with van der Waals surface area (Å²) < 4.78 is 0. The fraction of sp³-hybridized carbons (Fsp3) is 0.